The minimum absolute atomic E-state index is 0.283. The Morgan fingerprint density at radius 3 is 2.71 bits per heavy atom. The van der Waals surface area contributed by atoms with Crippen molar-refractivity contribution in [3.8, 4) is 0 Å². The molecule has 3 heteroatoms. The van der Waals surface area contributed by atoms with Crippen molar-refractivity contribution in [3.63, 3.8) is 0 Å². The molecule has 0 saturated heterocycles. The lowest BCUT2D eigenvalue weighted by molar-refractivity contribution is 0.672. The zero-order valence-corrected chi connectivity index (χ0v) is 11.1. The van der Waals surface area contributed by atoms with Crippen LogP contribution in [0.15, 0.2) is 53.1 Å². The van der Waals surface area contributed by atoms with E-state index in [2.05, 4.69) is 33.0 Å². The van der Waals surface area contributed by atoms with Gasteiger partial charge in [0, 0.05) is 28.8 Å². The lowest BCUT2D eigenvalue weighted by atomic mass is 9.96. The molecule has 0 saturated carbocycles. The van der Waals surface area contributed by atoms with Crippen molar-refractivity contribution in [1.29, 1.82) is 0 Å². The number of nitrogens with zero attached hydrogens (tertiary/aromatic N) is 1. The van der Waals surface area contributed by atoms with Gasteiger partial charge >= 0.3 is 0 Å². The zero-order valence-electron chi connectivity index (χ0n) is 9.51. The molecule has 2 N–H and O–H groups in total. The van der Waals surface area contributed by atoms with E-state index < -0.39 is 0 Å². The summed E-state index contributed by atoms with van der Waals surface area (Å²) in [6, 6.07) is 14.3. The summed E-state index contributed by atoms with van der Waals surface area (Å²) in [7, 11) is 0. The lowest BCUT2D eigenvalue weighted by Gasteiger charge is -2.14. The second-order valence-electron chi connectivity index (χ2n) is 4.02. The average Bonchev–Trinajstić information content (AvgIpc) is 2.37. The van der Waals surface area contributed by atoms with Crippen LogP contribution in [-0.4, -0.2) is 11.5 Å². The SMILES string of the molecule is NCC(Cc1cccc(Br)c1)c1ccccn1. The van der Waals surface area contributed by atoms with E-state index >= 15 is 0 Å². The van der Waals surface area contributed by atoms with Crippen molar-refractivity contribution in [2.75, 3.05) is 6.54 Å². The minimum atomic E-state index is 0.283. The molecule has 1 atom stereocenters. The van der Waals surface area contributed by atoms with E-state index in [1.807, 2.05) is 36.5 Å². The summed E-state index contributed by atoms with van der Waals surface area (Å²) in [5.74, 6) is 0.283. The van der Waals surface area contributed by atoms with Crippen molar-refractivity contribution >= 4 is 15.9 Å². The summed E-state index contributed by atoms with van der Waals surface area (Å²) in [6.07, 6.45) is 2.74. The second kappa shape index (κ2) is 5.94. The molecule has 2 rings (SSSR count). The highest BCUT2D eigenvalue weighted by Crippen LogP contribution is 2.20. The van der Waals surface area contributed by atoms with Gasteiger partial charge in [-0.2, -0.15) is 0 Å². The fraction of sp³-hybridized carbons (Fsp3) is 0.214. The normalized spacial score (nSPS) is 12.4. The van der Waals surface area contributed by atoms with Crippen LogP contribution in [-0.2, 0) is 6.42 Å². The number of aromatic nitrogens is 1. The molecule has 0 spiro atoms. The topological polar surface area (TPSA) is 38.9 Å². The molecule has 1 aromatic carbocycles. The Balaban J connectivity index is 2.16. The van der Waals surface area contributed by atoms with Crippen LogP contribution < -0.4 is 5.73 Å². The monoisotopic (exact) mass is 290 g/mol. The van der Waals surface area contributed by atoms with Gasteiger partial charge in [-0.25, -0.2) is 0 Å². The second-order valence-corrected chi connectivity index (χ2v) is 4.94. The Hall–Kier alpha value is -1.19. The van der Waals surface area contributed by atoms with Crippen LogP contribution >= 0.6 is 15.9 Å². The van der Waals surface area contributed by atoms with E-state index in [0.717, 1.165) is 16.6 Å². The van der Waals surface area contributed by atoms with E-state index in [9.17, 15) is 0 Å². The number of halogens is 1. The number of nitrogens with two attached hydrogens (primary N) is 1. The molecular formula is C14H15BrN2. The van der Waals surface area contributed by atoms with E-state index in [1.165, 1.54) is 5.56 Å². The van der Waals surface area contributed by atoms with Crippen molar-refractivity contribution in [2.24, 2.45) is 5.73 Å². The molecule has 0 fully saturated rings. The molecule has 0 aliphatic rings. The largest absolute Gasteiger partial charge is 0.330 e. The van der Waals surface area contributed by atoms with Crippen LogP contribution in [0.4, 0.5) is 0 Å². The van der Waals surface area contributed by atoms with Crippen LogP contribution in [0.3, 0.4) is 0 Å². The summed E-state index contributed by atoms with van der Waals surface area (Å²) in [4.78, 5) is 4.38. The maximum Gasteiger partial charge on any atom is 0.0450 e. The molecule has 0 amide bonds. The minimum Gasteiger partial charge on any atom is -0.330 e. The summed E-state index contributed by atoms with van der Waals surface area (Å²) in [5, 5.41) is 0. The first-order valence-corrected chi connectivity index (χ1v) is 6.44. The Labute approximate surface area is 110 Å². The Morgan fingerprint density at radius 1 is 1.18 bits per heavy atom. The summed E-state index contributed by atoms with van der Waals surface area (Å²) < 4.78 is 1.10. The van der Waals surface area contributed by atoms with E-state index in [1.54, 1.807) is 0 Å². The molecule has 0 aliphatic heterocycles. The third kappa shape index (κ3) is 3.38. The van der Waals surface area contributed by atoms with Gasteiger partial charge in [-0.05, 0) is 36.2 Å². The molecule has 2 nitrogen and oxygen atoms in total. The first-order valence-electron chi connectivity index (χ1n) is 5.65. The van der Waals surface area contributed by atoms with Gasteiger partial charge in [-0.3, -0.25) is 4.98 Å². The fourth-order valence-electron chi connectivity index (χ4n) is 1.87. The zero-order chi connectivity index (χ0) is 12.1. The predicted molar refractivity (Wildman–Crippen MR) is 73.9 cm³/mol. The van der Waals surface area contributed by atoms with E-state index in [4.69, 9.17) is 5.73 Å². The maximum atomic E-state index is 5.84. The molecule has 0 aliphatic carbocycles. The van der Waals surface area contributed by atoms with Crippen LogP contribution in [0.25, 0.3) is 0 Å². The van der Waals surface area contributed by atoms with E-state index in [-0.39, 0.29) is 5.92 Å². The molecule has 0 radical (unpaired) electrons. The number of hydrogen-bond donors (Lipinski definition) is 1. The molecule has 88 valence electrons. The third-order valence-electron chi connectivity index (χ3n) is 2.76. The van der Waals surface area contributed by atoms with Crippen LogP contribution in [0.2, 0.25) is 0 Å². The van der Waals surface area contributed by atoms with Gasteiger partial charge < -0.3 is 5.73 Å². The number of pyridine rings is 1. The van der Waals surface area contributed by atoms with Crippen LogP contribution in [0.5, 0.6) is 0 Å². The van der Waals surface area contributed by atoms with Gasteiger partial charge in [0.15, 0.2) is 0 Å². The highest BCUT2D eigenvalue weighted by Gasteiger charge is 2.11. The molecule has 17 heavy (non-hydrogen) atoms. The predicted octanol–water partition coefficient (Wildman–Crippen LogP) is 3.13. The van der Waals surface area contributed by atoms with Gasteiger partial charge in [0.25, 0.3) is 0 Å². The molecular weight excluding hydrogens is 276 g/mol. The summed E-state index contributed by atoms with van der Waals surface area (Å²) >= 11 is 3.48. The van der Waals surface area contributed by atoms with Gasteiger partial charge in [0.1, 0.15) is 0 Å². The van der Waals surface area contributed by atoms with Crippen LogP contribution in [0, 0.1) is 0 Å². The number of rotatable bonds is 4. The molecule has 1 aromatic heterocycles. The van der Waals surface area contributed by atoms with Crippen molar-refractivity contribution in [1.82, 2.24) is 4.98 Å². The Morgan fingerprint density at radius 2 is 2.06 bits per heavy atom. The van der Waals surface area contributed by atoms with Gasteiger partial charge in [0.2, 0.25) is 0 Å². The van der Waals surface area contributed by atoms with Crippen LogP contribution in [0.1, 0.15) is 17.2 Å². The molecule has 2 aromatic rings. The van der Waals surface area contributed by atoms with Gasteiger partial charge in [-0.1, -0.05) is 34.1 Å². The highest BCUT2D eigenvalue weighted by molar-refractivity contribution is 9.10. The third-order valence-corrected chi connectivity index (χ3v) is 3.25. The Bertz CT molecular complexity index is 471. The Kier molecular flexibility index (Phi) is 4.29. The average molecular weight is 291 g/mol. The summed E-state index contributed by atoms with van der Waals surface area (Å²) in [5.41, 5.74) is 8.18. The first-order chi connectivity index (χ1) is 8.29. The van der Waals surface area contributed by atoms with Crippen molar-refractivity contribution in [2.45, 2.75) is 12.3 Å². The quantitative estimate of drug-likeness (QED) is 0.940. The van der Waals surface area contributed by atoms with Crippen molar-refractivity contribution < 1.29 is 0 Å². The number of benzene rings is 1. The highest BCUT2D eigenvalue weighted by atomic mass is 79.9. The molecule has 0 bridgehead atoms. The van der Waals surface area contributed by atoms with Gasteiger partial charge in [-0.15, -0.1) is 0 Å². The van der Waals surface area contributed by atoms with E-state index in [0.29, 0.717) is 6.54 Å². The molecule has 1 unspecified atom stereocenters. The first kappa shape index (κ1) is 12.3. The summed E-state index contributed by atoms with van der Waals surface area (Å²) in [6.45, 7) is 0.615. The molecule has 1 heterocycles. The number of hydrogen-bond acceptors (Lipinski definition) is 2. The standard InChI is InChI=1S/C14H15BrN2/c15-13-5-3-4-11(9-13)8-12(10-16)14-6-1-2-7-17-14/h1-7,9,12H,8,10,16H2. The fourth-order valence-corrected chi connectivity index (χ4v) is 2.32. The maximum absolute atomic E-state index is 5.84. The van der Waals surface area contributed by atoms with Gasteiger partial charge in [0.05, 0.1) is 0 Å². The van der Waals surface area contributed by atoms with Crippen molar-refractivity contribution in [3.05, 3.63) is 64.4 Å². The smallest absolute Gasteiger partial charge is 0.0450 e. The lowest BCUT2D eigenvalue weighted by Crippen LogP contribution is -2.16.